The Morgan fingerprint density at radius 1 is 1.52 bits per heavy atom. The zero-order valence-electron chi connectivity index (χ0n) is 12.5. The Bertz CT molecular complexity index is 514. The number of nitrogens with one attached hydrogen (secondary N) is 1. The first kappa shape index (κ1) is 14.5. The largest absolute Gasteiger partial charge is 0.384 e. The summed E-state index contributed by atoms with van der Waals surface area (Å²) in [4.78, 5) is 9.93. The van der Waals surface area contributed by atoms with Gasteiger partial charge in [-0.2, -0.15) is 4.98 Å². The van der Waals surface area contributed by atoms with E-state index in [1.807, 2.05) is 0 Å². The molecule has 1 N–H and O–H groups in total. The van der Waals surface area contributed by atoms with Gasteiger partial charge in [0.1, 0.15) is 0 Å². The molecular weight excluding hydrogens is 275 g/mol. The van der Waals surface area contributed by atoms with Crippen LogP contribution in [0.2, 0.25) is 0 Å². The van der Waals surface area contributed by atoms with Gasteiger partial charge in [-0.1, -0.05) is 0 Å². The highest BCUT2D eigenvalue weighted by Gasteiger charge is 2.54. The minimum Gasteiger partial charge on any atom is -0.384 e. The second-order valence-corrected chi connectivity index (χ2v) is 5.84. The molecule has 0 unspecified atom stereocenters. The fourth-order valence-corrected chi connectivity index (χ4v) is 3.32. The van der Waals surface area contributed by atoms with E-state index >= 15 is 0 Å². The summed E-state index contributed by atoms with van der Waals surface area (Å²) in [5.74, 6) is 1.07. The van der Waals surface area contributed by atoms with Crippen molar-refractivity contribution < 1.29 is 13.9 Å². The molecule has 1 aromatic rings. The Labute approximate surface area is 123 Å². The summed E-state index contributed by atoms with van der Waals surface area (Å²) in [6, 6.07) is 0.220. The molecule has 21 heavy (non-hydrogen) atoms. The van der Waals surface area contributed by atoms with Gasteiger partial charge in [0.15, 0.2) is 11.6 Å². The zero-order chi connectivity index (χ0) is 15.0. The molecule has 3 rings (SSSR count). The molecule has 4 atom stereocenters. The number of hydrogen-bond donors (Lipinski definition) is 1. The molecule has 2 aliphatic rings. The molecule has 0 aromatic carbocycles. The van der Waals surface area contributed by atoms with Crippen LogP contribution in [0.3, 0.4) is 0 Å². The Morgan fingerprint density at radius 2 is 2.33 bits per heavy atom. The van der Waals surface area contributed by atoms with E-state index in [1.165, 1.54) is 6.20 Å². The van der Waals surface area contributed by atoms with Crippen LogP contribution < -0.4 is 10.2 Å². The monoisotopic (exact) mass is 296 g/mol. The van der Waals surface area contributed by atoms with Crippen molar-refractivity contribution in [2.75, 3.05) is 44.6 Å². The molecule has 6 nitrogen and oxygen atoms in total. The van der Waals surface area contributed by atoms with E-state index in [4.69, 9.17) is 9.47 Å². The van der Waals surface area contributed by atoms with E-state index in [0.29, 0.717) is 24.4 Å². The minimum absolute atomic E-state index is 0.220. The summed E-state index contributed by atoms with van der Waals surface area (Å²) >= 11 is 0. The smallest absolute Gasteiger partial charge is 0.225 e. The van der Waals surface area contributed by atoms with E-state index in [2.05, 4.69) is 15.3 Å². The summed E-state index contributed by atoms with van der Waals surface area (Å²) in [7, 11) is 5.21. The highest BCUT2D eigenvalue weighted by molar-refractivity contribution is 5.43. The van der Waals surface area contributed by atoms with Gasteiger partial charge in [0, 0.05) is 45.7 Å². The Hall–Kier alpha value is -1.47. The number of methoxy groups -OCH3 is 1. The fourth-order valence-electron chi connectivity index (χ4n) is 3.32. The van der Waals surface area contributed by atoms with Crippen molar-refractivity contribution in [1.82, 2.24) is 9.97 Å². The summed E-state index contributed by atoms with van der Waals surface area (Å²) < 4.78 is 24.6. The van der Waals surface area contributed by atoms with Crippen molar-refractivity contribution in [3.05, 3.63) is 12.0 Å². The number of anilines is 2. The Balaban J connectivity index is 1.75. The number of nitrogens with zero attached hydrogens (tertiary/aromatic N) is 3. The van der Waals surface area contributed by atoms with E-state index in [1.54, 1.807) is 26.1 Å². The normalized spacial score (nSPS) is 30.7. The maximum absolute atomic E-state index is 13.6. The van der Waals surface area contributed by atoms with E-state index < -0.39 is 5.82 Å². The van der Waals surface area contributed by atoms with E-state index in [9.17, 15) is 4.39 Å². The molecule has 2 heterocycles. The number of halogens is 1. The van der Waals surface area contributed by atoms with Crippen LogP contribution >= 0.6 is 0 Å². The molecule has 2 fully saturated rings. The Morgan fingerprint density at radius 3 is 3.05 bits per heavy atom. The van der Waals surface area contributed by atoms with Gasteiger partial charge in [0.25, 0.3) is 0 Å². The molecule has 1 saturated heterocycles. The predicted molar refractivity (Wildman–Crippen MR) is 76.9 cm³/mol. The van der Waals surface area contributed by atoms with Gasteiger partial charge in [-0.25, -0.2) is 9.37 Å². The van der Waals surface area contributed by atoms with Crippen LogP contribution in [0.4, 0.5) is 16.2 Å². The number of fused-ring (bicyclic) bond motifs is 1. The molecule has 7 heteroatoms. The molecule has 1 aliphatic heterocycles. The van der Waals surface area contributed by atoms with Crippen molar-refractivity contribution >= 4 is 11.8 Å². The quantitative estimate of drug-likeness (QED) is 0.879. The highest BCUT2D eigenvalue weighted by atomic mass is 19.1. The van der Waals surface area contributed by atoms with Crippen molar-refractivity contribution in [3.63, 3.8) is 0 Å². The number of aromatic nitrogens is 2. The summed E-state index contributed by atoms with van der Waals surface area (Å²) in [6.45, 7) is 1.43. The minimum atomic E-state index is -0.422. The number of rotatable bonds is 5. The van der Waals surface area contributed by atoms with Crippen LogP contribution in [-0.4, -0.2) is 56.5 Å². The maximum atomic E-state index is 13.6. The number of hydrogen-bond acceptors (Lipinski definition) is 6. The maximum Gasteiger partial charge on any atom is 0.225 e. The third-order valence-electron chi connectivity index (χ3n) is 4.33. The molecule has 1 aromatic heterocycles. The van der Waals surface area contributed by atoms with Crippen LogP contribution in [0.15, 0.2) is 6.20 Å². The summed E-state index contributed by atoms with van der Waals surface area (Å²) in [5, 5.41) is 3.33. The topological polar surface area (TPSA) is 59.5 Å². The second-order valence-electron chi connectivity index (χ2n) is 5.84. The molecular formula is C14H21FN4O2. The lowest BCUT2D eigenvalue weighted by atomic mass is 9.67. The van der Waals surface area contributed by atoms with Crippen LogP contribution in [0.25, 0.3) is 0 Å². The van der Waals surface area contributed by atoms with Gasteiger partial charge in [-0.15, -0.1) is 0 Å². The fraction of sp³-hybridized carbons (Fsp3) is 0.714. The lowest BCUT2D eigenvalue weighted by Crippen LogP contribution is -2.58. The third-order valence-corrected chi connectivity index (χ3v) is 4.33. The molecule has 0 amide bonds. The van der Waals surface area contributed by atoms with Gasteiger partial charge in [0.05, 0.1) is 18.9 Å². The summed E-state index contributed by atoms with van der Waals surface area (Å²) in [6.07, 6.45) is 2.50. The molecule has 0 bridgehead atoms. The SMILES string of the molecule is COC[C@@H]1[C@H](Nc2ncc(F)c(N(C)C)n2)[C@@H]2CCO[C@H]12. The van der Waals surface area contributed by atoms with Crippen LogP contribution in [0.5, 0.6) is 0 Å². The molecule has 0 spiro atoms. The highest BCUT2D eigenvalue weighted by Crippen LogP contribution is 2.44. The van der Waals surface area contributed by atoms with Crippen molar-refractivity contribution in [3.8, 4) is 0 Å². The first-order valence-corrected chi connectivity index (χ1v) is 7.18. The number of ether oxygens (including phenoxy) is 2. The predicted octanol–water partition coefficient (Wildman–Crippen LogP) is 1.14. The van der Waals surface area contributed by atoms with Crippen molar-refractivity contribution in [2.45, 2.75) is 18.6 Å². The lowest BCUT2D eigenvalue weighted by Gasteiger charge is -2.47. The van der Waals surface area contributed by atoms with Gasteiger partial charge in [-0.3, -0.25) is 0 Å². The summed E-state index contributed by atoms with van der Waals surface area (Å²) in [5.41, 5.74) is 0. The first-order valence-electron chi connectivity index (χ1n) is 7.18. The molecule has 116 valence electrons. The van der Waals surface area contributed by atoms with Crippen molar-refractivity contribution in [1.29, 1.82) is 0 Å². The molecule has 1 aliphatic carbocycles. The van der Waals surface area contributed by atoms with Gasteiger partial charge in [0.2, 0.25) is 5.95 Å². The van der Waals surface area contributed by atoms with Gasteiger partial charge in [-0.05, 0) is 6.42 Å². The van der Waals surface area contributed by atoms with Gasteiger partial charge < -0.3 is 19.7 Å². The standard InChI is InChI=1S/C14H21FN4O2/c1-19(2)13-10(15)6-16-14(18-13)17-11-8-4-5-21-12(8)9(11)7-20-3/h6,8-9,11-12H,4-5,7H2,1-3H3,(H,16,17,18)/t8-,9+,11+,12-/m0/s1. The van der Waals surface area contributed by atoms with Crippen LogP contribution in [0, 0.1) is 17.7 Å². The average molecular weight is 296 g/mol. The van der Waals surface area contributed by atoms with Crippen LogP contribution in [0.1, 0.15) is 6.42 Å². The lowest BCUT2D eigenvalue weighted by molar-refractivity contribution is -0.0668. The van der Waals surface area contributed by atoms with Crippen molar-refractivity contribution in [2.24, 2.45) is 11.8 Å². The van der Waals surface area contributed by atoms with Gasteiger partial charge >= 0.3 is 0 Å². The third kappa shape index (κ3) is 2.55. The average Bonchev–Trinajstić information content (AvgIpc) is 2.88. The molecule has 0 radical (unpaired) electrons. The van der Waals surface area contributed by atoms with Crippen LogP contribution in [-0.2, 0) is 9.47 Å². The Kier molecular flexibility index (Phi) is 3.95. The van der Waals surface area contributed by atoms with E-state index in [0.717, 1.165) is 13.0 Å². The second kappa shape index (κ2) is 5.73. The first-order chi connectivity index (χ1) is 10.1. The zero-order valence-corrected chi connectivity index (χ0v) is 12.5. The van der Waals surface area contributed by atoms with E-state index in [-0.39, 0.29) is 18.0 Å². The molecule has 1 saturated carbocycles.